The van der Waals surface area contributed by atoms with Gasteiger partial charge in [0.25, 0.3) is 0 Å². The number of halogens is 2. The highest BCUT2D eigenvalue weighted by Gasteiger charge is 2.10. The molecule has 0 aliphatic heterocycles. The highest BCUT2D eigenvalue weighted by Crippen LogP contribution is 2.28. The summed E-state index contributed by atoms with van der Waals surface area (Å²) in [5.41, 5.74) is 2.70. The normalized spacial score (nSPS) is 11.7. The molecule has 0 aromatic heterocycles. The summed E-state index contributed by atoms with van der Waals surface area (Å²) in [5.74, 6) is -0.276. The predicted molar refractivity (Wildman–Crippen MR) is 133 cm³/mol. The van der Waals surface area contributed by atoms with Gasteiger partial charge in [0.15, 0.2) is 0 Å². The van der Waals surface area contributed by atoms with Crippen LogP contribution >= 0.6 is 23.5 Å². The number of rotatable bonds is 11. The van der Waals surface area contributed by atoms with Gasteiger partial charge in [0, 0.05) is 16.5 Å². The Hall–Kier alpha value is -1.79. The molecule has 2 aromatic rings. The zero-order valence-corrected chi connectivity index (χ0v) is 21.2. The SMILES string of the molecule is CC.CCCCC(C)N=NN(CC)Cc1ccc(F)cc1NSc1ccc(Cl)c(C)c1. The van der Waals surface area contributed by atoms with E-state index in [-0.39, 0.29) is 11.9 Å². The van der Waals surface area contributed by atoms with Crippen LogP contribution in [0.1, 0.15) is 65.0 Å². The Labute approximate surface area is 196 Å². The van der Waals surface area contributed by atoms with Gasteiger partial charge in [0.1, 0.15) is 5.82 Å². The number of anilines is 1. The lowest BCUT2D eigenvalue weighted by Gasteiger charge is -2.19. The molecule has 0 heterocycles. The smallest absolute Gasteiger partial charge is 0.125 e. The number of unbranched alkanes of at least 4 members (excludes halogenated alkanes) is 1. The molecule has 1 N–H and O–H groups in total. The number of benzene rings is 2. The Balaban J connectivity index is 0.00000233. The Morgan fingerprint density at radius 2 is 1.90 bits per heavy atom. The molecule has 0 amide bonds. The number of nitrogens with zero attached hydrogens (tertiary/aromatic N) is 3. The lowest BCUT2D eigenvalue weighted by molar-refractivity contribution is 0.265. The molecule has 0 spiro atoms. The molecule has 2 aromatic carbocycles. The van der Waals surface area contributed by atoms with Crippen LogP contribution in [0.15, 0.2) is 51.6 Å². The molecule has 0 radical (unpaired) electrons. The van der Waals surface area contributed by atoms with Crippen molar-refractivity contribution in [1.29, 1.82) is 0 Å². The van der Waals surface area contributed by atoms with Gasteiger partial charge in [-0.3, -0.25) is 5.01 Å². The van der Waals surface area contributed by atoms with Crippen LogP contribution in [0.25, 0.3) is 0 Å². The highest BCUT2D eigenvalue weighted by atomic mass is 35.5. The second-order valence-electron chi connectivity index (χ2n) is 7.09. The van der Waals surface area contributed by atoms with Gasteiger partial charge in [-0.15, -0.1) is 0 Å². The maximum Gasteiger partial charge on any atom is 0.125 e. The highest BCUT2D eigenvalue weighted by molar-refractivity contribution is 8.00. The van der Waals surface area contributed by atoms with Gasteiger partial charge in [-0.05, 0) is 80.6 Å². The van der Waals surface area contributed by atoms with Gasteiger partial charge in [-0.2, -0.15) is 5.11 Å². The Morgan fingerprint density at radius 3 is 2.55 bits per heavy atom. The zero-order valence-electron chi connectivity index (χ0n) is 19.6. The summed E-state index contributed by atoms with van der Waals surface area (Å²) >= 11 is 7.53. The Morgan fingerprint density at radius 1 is 1.16 bits per heavy atom. The first-order chi connectivity index (χ1) is 14.9. The van der Waals surface area contributed by atoms with E-state index in [0.717, 1.165) is 52.5 Å². The number of hydrogen-bond acceptors (Lipinski definition) is 4. The number of nitrogens with one attached hydrogen (secondary N) is 1. The van der Waals surface area contributed by atoms with Gasteiger partial charge >= 0.3 is 0 Å². The van der Waals surface area contributed by atoms with Crippen LogP contribution in [-0.2, 0) is 6.54 Å². The molecule has 0 aliphatic carbocycles. The summed E-state index contributed by atoms with van der Waals surface area (Å²) in [6.07, 6.45) is 3.35. The van der Waals surface area contributed by atoms with Crippen LogP contribution in [0.2, 0.25) is 5.02 Å². The van der Waals surface area contributed by atoms with Gasteiger partial charge in [-0.25, -0.2) is 4.39 Å². The van der Waals surface area contributed by atoms with Crippen molar-refractivity contribution in [1.82, 2.24) is 5.01 Å². The summed E-state index contributed by atoms with van der Waals surface area (Å²) in [5, 5.41) is 11.5. The Kier molecular flexibility index (Phi) is 13.3. The third kappa shape index (κ3) is 9.92. The molecule has 0 fully saturated rings. The minimum Gasteiger partial charge on any atom is -0.325 e. The van der Waals surface area contributed by atoms with E-state index in [4.69, 9.17) is 11.6 Å². The van der Waals surface area contributed by atoms with E-state index in [1.54, 1.807) is 6.07 Å². The van der Waals surface area contributed by atoms with Crippen LogP contribution in [0, 0.1) is 12.7 Å². The molecule has 1 atom stereocenters. The molecule has 31 heavy (non-hydrogen) atoms. The molecular formula is C24H36ClFN4S. The van der Waals surface area contributed by atoms with E-state index < -0.39 is 0 Å². The predicted octanol–water partition coefficient (Wildman–Crippen LogP) is 8.70. The molecule has 2 rings (SSSR count). The molecule has 4 nitrogen and oxygen atoms in total. The van der Waals surface area contributed by atoms with Crippen LogP contribution in [0.5, 0.6) is 0 Å². The topological polar surface area (TPSA) is 40.0 Å². The van der Waals surface area contributed by atoms with Crippen molar-refractivity contribution < 1.29 is 4.39 Å². The summed E-state index contributed by atoms with van der Waals surface area (Å²) in [6, 6.07) is 10.8. The second-order valence-corrected chi connectivity index (χ2v) is 8.38. The van der Waals surface area contributed by atoms with Crippen molar-refractivity contribution in [2.75, 3.05) is 11.3 Å². The summed E-state index contributed by atoms with van der Waals surface area (Å²) in [6.45, 7) is 13.5. The third-order valence-electron chi connectivity index (χ3n) is 4.55. The van der Waals surface area contributed by atoms with Crippen LogP contribution < -0.4 is 4.72 Å². The van der Waals surface area contributed by atoms with Crippen molar-refractivity contribution in [2.45, 2.75) is 78.3 Å². The van der Waals surface area contributed by atoms with Crippen molar-refractivity contribution in [3.05, 3.63) is 58.4 Å². The van der Waals surface area contributed by atoms with Crippen LogP contribution in [0.4, 0.5) is 10.1 Å². The monoisotopic (exact) mass is 466 g/mol. The number of hydrogen-bond donors (Lipinski definition) is 1. The summed E-state index contributed by atoms with van der Waals surface area (Å²) in [7, 11) is 0. The van der Waals surface area contributed by atoms with Crippen molar-refractivity contribution in [3.63, 3.8) is 0 Å². The molecule has 1 unspecified atom stereocenters. The first-order valence-electron chi connectivity index (χ1n) is 11.1. The van der Waals surface area contributed by atoms with Crippen molar-refractivity contribution in [2.24, 2.45) is 10.3 Å². The molecule has 0 aliphatic rings. The fraction of sp³-hybridized carbons (Fsp3) is 0.500. The zero-order chi connectivity index (χ0) is 23.2. The maximum atomic E-state index is 13.9. The summed E-state index contributed by atoms with van der Waals surface area (Å²) in [4.78, 5) is 1.01. The van der Waals surface area contributed by atoms with E-state index in [2.05, 4.69) is 28.9 Å². The van der Waals surface area contributed by atoms with Gasteiger partial charge in [-0.1, -0.05) is 56.5 Å². The molecule has 7 heteroatoms. The van der Waals surface area contributed by atoms with Crippen LogP contribution in [0.3, 0.4) is 0 Å². The fourth-order valence-corrected chi connectivity index (χ4v) is 3.61. The number of aryl methyl sites for hydroxylation is 1. The van der Waals surface area contributed by atoms with E-state index in [9.17, 15) is 4.39 Å². The average molecular weight is 467 g/mol. The minimum atomic E-state index is -0.276. The van der Waals surface area contributed by atoms with Gasteiger partial charge in [0.05, 0.1) is 18.3 Å². The summed E-state index contributed by atoms with van der Waals surface area (Å²) < 4.78 is 17.1. The van der Waals surface area contributed by atoms with Gasteiger partial charge in [0.2, 0.25) is 0 Å². The quantitative estimate of drug-likeness (QED) is 0.204. The molecule has 0 saturated carbocycles. The maximum absolute atomic E-state index is 13.9. The van der Waals surface area contributed by atoms with Crippen molar-refractivity contribution >= 4 is 29.2 Å². The van der Waals surface area contributed by atoms with E-state index in [1.807, 2.05) is 50.9 Å². The molecule has 0 saturated heterocycles. The standard InChI is InChI=1S/C22H30ClFN4S.C2H6/c1-5-7-8-17(4)25-27-28(6-2)15-18-9-10-19(24)14-22(18)26-29-20-11-12-21(23)16(3)13-20;1-2/h9-14,17,26H,5-8,15H2,1-4H3;1-2H3. The van der Waals surface area contributed by atoms with Crippen molar-refractivity contribution in [3.8, 4) is 0 Å². The third-order valence-corrected chi connectivity index (χ3v) is 5.78. The molecule has 172 valence electrons. The molecule has 0 bridgehead atoms. The van der Waals surface area contributed by atoms with E-state index in [0.29, 0.717) is 6.54 Å². The molecular weight excluding hydrogens is 431 g/mol. The average Bonchev–Trinajstić information content (AvgIpc) is 2.78. The first kappa shape index (κ1) is 27.2. The van der Waals surface area contributed by atoms with E-state index >= 15 is 0 Å². The minimum absolute atomic E-state index is 0.207. The fourth-order valence-electron chi connectivity index (χ4n) is 2.70. The van der Waals surface area contributed by atoms with Gasteiger partial charge < -0.3 is 4.72 Å². The first-order valence-corrected chi connectivity index (χ1v) is 12.3. The lowest BCUT2D eigenvalue weighted by atomic mass is 10.1. The van der Waals surface area contributed by atoms with E-state index in [1.165, 1.54) is 24.1 Å². The second kappa shape index (κ2) is 15.1. The Bertz CT molecular complexity index is 816. The largest absolute Gasteiger partial charge is 0.325 e. The lowest BCUT2D eigenvalue weighted by Crippen LogP contribution is -2.17. The van der Waals surface area contributed by atoms with Crippen LogP contribution in [-0.4, -0.2) is 17.6 Å².